The maximum absolute atomic E-state index is 11.4. The molecule has 1 rings (SSSR count). The molecule has 142 valence electrons. The monoisotopic (exact) mass is 359 g/mol. The molecule has 0 aliphatic carbocycles. The van der Waals surface area contributed by atoms with Crippen LogP contribution in [0.1, 0.15) is 24.8 Å². The molecule has 2 atom stereocenters. The van der Waals surface area contributed by atoms with Crippen LogP contribution in [0.15, 0.2) is 60.7 Å². The third kappa shape index (κ3) is 9.81. The first kappa shape index (κ1) is 21.7. The number of amides is 1. The van der Waals surface area contributed by atoms with Crippen molar-refractivity contribution in [1.29, 1.82) is 0 Å². The number of carbonyl (C=O) groups is 1. The summed E-state index contributed by atoms with van der Waals surface area (Å²) in [5.74, 6) is 0.228. The van der Waals surface area contributed by atoms with Crippen molar-refractivity contribution in [2.24, 2.45) is 0 Å². The minimum Gasteiger partial charge on any atom is -0.508 e. The van der Waals surface area contributed by atoms with Crippen molar-refractivity contribution in [1.82, 2.24) is 4.90 Å². The Bertz CT molecular complexity index is 635. The summed E-state index contributed by atoms with van der Waals surface area (Å²) in [5, 5.41) is 29.1. The largest absolute Gasteiger partial charge is 0.508 e. The topological polar surface area (TPSA) is 81.0 Å². The molecule has 0 radical (unpaired) electrons. The second-order valence-electron chi connectivity index (χ2n) is 6.32. The molecule has 1 amide bonds. The second-order valence-corrected chi connectivity index (χ2v) is 6.32. The smallest absolute Gasteiger partial charge is 0.222 e. The molecular formula is C21H29NO4. The van der Waals surface area contributed by atoms with Crippen LogP contribution in [0.25, 0.3) is 0 Å². The highest BCUT2D eigenvalue weighted by Crippen LogP contribution is 2.13. The molecule has 26 heavy (non-hydrogen) atoms. The van der Waals surface area contributed by atoms with E-state index in [1.807, 2.05) is 6.07 Å². The van der Waals surface area contributed by atoms with Crippen molar-refractivity contribution in [3.63, 3.8) is 0 Å². The molecule has 0 saturated heterocycles. The number of carbonyl (C=O) groups excluding carboxylic acids is 1. The molecule has 0 aliphatic rings. The van der Waals surface area contributed by atoms with Crippen molar-refractivity contribution in [3.8, 4) is 5.75 Å². The zero-order chi connectivity index (χ0) is 19.4. The minimum absolute atomic E-state index is 0.00405. The van der Waals surface area contributed by atoms with E-state index in [9.17, 15) is 20.1 Å². The van der Waals surface area contributed by atoms with Crippen LogP contribution in [0.3, 0.4) is 0 Å². The number of aryl methyl sites for hydroxylation is 1. The van der Waals surface area contributed by atoms with Gasteiger partial charge in [0.05, 0.1) is 12.2 Å². The van der Waals surface area contributed by atoms with Crippen molar-refractivity contribution in [2.75, 3.05) is 14.1 Å². The molecule has 0 bridgehead atoms. The van der Waals surface area contributed by atoms with Gasteiger partial charge in [-0.3, -0.25) is 4.79 Å². The number of phenols is 1. The molecule has 0 heterocycles. The average molecular weight is 359 g/mol. The molecule has 0 aromatic heterocycles. The highest BCUT2D eigenvalue weighted by Gasteiger charge is 2.06. The van der Waals surface area contributed by atoms with Crippen LogP contribution in [0.2, 0.25) is 0 Å². The van der Waals surface area contributed by atoms with Crippen LogP contribution in [0.4, 0.5) is 0 Å². The number of allylic oxidation sites excluding steroid dienone is 4. The van der Waals surface area contributed by atoms with Gasteiger partial charge in [0.15, 0.2) is 0 Å². The number of rotatable bonds is 10. The summed E-state index contributed by atoms with van der Waals surface area (Å²) in [6.45, 7) is 0. The van der Waals surface area contributed by atoms with Crippen LogP contribution in [0.5, 0.6) is 5.75 Å². The third-order valence-electron chi connectivity index (χ3n) is 3.79. The van der Waals surface area contributed by atoms with E-state index in [4.69, 9.17) is 0 Å². The van der Waals surface area contributed by atoms with Gasteiger partial charge in [0.2, 0.25) is 5.91 Å². The fraction of sp³-hybridized carbons (Fsp3) is 0.381. The van der Waals surface area contributed by atoms with Crippen molar-refractivity contribution in [3.05, 3.63) is 66.3 Å². The summed E-state index contributed by atoms with van der Waals surface area (Å²) in [6, 6.07) is 7.01. The van der Waals surface area contributed by atoms with E-state index < -0.39 is 12.2 Å². The number of aliphatic hydroxyl groups excluding tert-OH is 2. The molecular weight excluding hydrogens is 330 g/mol. The van der Waals surface area contributed by atoms with Crippen LogP contribution < -0.4 is 0 Å². The van der Waals surface area contributed by atoms with Crippen LogP contribution in [0, 0.1) is 0 Å². The number of phenolic OH excluding ortho intramolecular Hbond substituents is 1. The molecule has 1 aromatic carbocycles. The first-order valence-corrected chi connectivity index (χ1v) is 8.74. The molecule has 0 aliphatic heterocycles. The van der Waals surface area contributed by atoms with Gasteiger partial charge in [-0.15, -0.1) is 0 Å². The van der Waals surface area contributed by atoms with Gasteiger partial charge in [-0.05, 0) is 37.0 Å². The van der Waals surface area contributed by atoms with E-state index in [0.29, 0.717) is 25.7 Å². The standard InChI is InChI=1S/C21H29NO4/c1-22(2)21(26)15-14-19(24)10-6-4-3-5-9-18(23)13-12-17-8-7-11-20(25)16-17/h3-11,16,18-19,23-25H,12-15H2,1-2H3/b4-3-,9-5+,10-6+. The highest BCUT2D eigenvalue weighted by molar-refractivity contribution is 5.75. The lowest BCUT2D eigenvalue weighted by molar-refractivity contribution is -0.129. The SMILES string of the molecule is CN(C)C(=O)CCC(O)/C=C/C=C\C=C\C(O)CCc1cccc(O)c1. The Morgan fingerprint density at radius 2 is 1.65 bits per heavy atom. The Balaban J connectivity index is 2.26. The van der Waals surface area contributed by atoms with Gasteiger partial charge in [0.1, 0.15) is 5.75 Å². The first-order chi connectivity index (χ1) is 12.4. The Hall–Kier alpha value is -2.37. The fourth-order valence-electron chi connectivity index (χ4n) is 2.23. The summed E-state index contributed by atoms with van der Waals surface area (Å²) in [6.07, 6.45) is 11.1. The molecule has 5 nitrogen and oxygen atoms in total. The molecule has 5 heteroatoms. The number of aliphatic hydroxyl groups is 2. The van der Waals surface area contributed by atoms with E-state index >= 15 is 0 Å². The van der Waals surface area contributed by atoms with Gasteiger partial charge in [-0.1, -0.05) is 48.6 Å². The molecule has 3 N–H and O–H groups in total. The fourth-order valence-corrected chi connectivity index (χ4v) is 2.23. The van der Waals surface area contributed by atoms with Crippen LogP contribution in [-0.4, -0.2) is 52.4 Å². The Morgan fingerprint density at radius 1 is 1.04 bits per heavy atom. The van der Waals surface area contributed by atoms with E-state index in [0.717, 1.165) is 5.56 Å². The van der Waals surface area contributed by atoms with Gasteiger partial charge in [0, 0.05) is 20.5 Å². The van der Waals surface area contributed by atoms with Crippen molar-refractivity contribution in [2.45, 2.75) is 37.9 Å². The number of nitrogens with zero attached hydrogens (tertiary/aromatic N) is 1. The van der Waals surface area contributed by atoms with E-state index in [1.54, 1.807) is 68.8 Å². The Labute approximate surface area is 155 Å². The quantitative estimate of drug-likeness (QED) is 0.561. The summed E-state index contributed by atoms with van der Waals surface area (Å²) < 4.78 is 0. The van der Waals surface area contributed by atoms with Crippen LogP contribution in [-0.2, 0) is 11.2 Å². The van der Waals surface area contributed by atoms with Crippen LogP contribution >= 0.6 is 0 Å². The molecule has 2 unspecified atom stereocenters. The van der Waals surface area contributed by atoms with Gasteiger partial charge in [-0.2, -0.15) is 0 Å². The van der Waals surface area contributed by atoms with Gasteiger partial charge in [0.25, 0.3) is 0 Å². The molecule has 0 spiro atoms. The third-order valence-corrected chi connectivity index (χ3v) is 3.79. The van der Waals surface area contributed by atoms with Gasteiger partial charge in [-0.25, -0.2) is 0 Å². The van der Waals surface area contributed by atoms with E-state index in [-0.39, 0.29) is 11.7 Å². The Kier molecular flexibility index (Phi) is 10.1. The number of benzene rings is 1. The first-order valence-electron chi connectivity index (χ1n) is 8.74. The number of hydrogen-bond donors (Lipinski definition) is 3. The second kappa shape index (κ2) is 12.1. The van der Waals surface area contributed by atoms with Crippen molar-refractivity contribution >= 4 is 5.91 Å². The lowest BCUT2D eigenvalue weighted by Crippen LogP contribution is -2.22. The number of hydrogen-bond acceptors (Lipinski definition) is 4. The summed E-state index contributed by atoms with van der Waals surface area (Å²) in [5.41, 5.74) is 0.984. The van der Waals surface area contributed by atoms with Gasteiger partial charge >= 0.3 is 0 Å². The predicted molar refractivity (Wildman–Crippen MR) is 104 cm³/mol. The van der Waals surface area contributed by atoms with E-state index in [2.05, 4.69) is 0 Å². The summed E-state index contributed by atoms with van der Waals surface area (Å²) in [4.78, 5) is 12.9. The lowest BCUT2D eigenvalue weighted by atomic mass is 10.1. The lowest BCUT2D eigenvalue weighted by Gasteiger charge is -2.10. The average Bonchev–Trinajstić information content (AvgIpc) is 2.60. The number of aromatic hydroxyl groups is 1. The summed E-state index contributed by atoms with van der Waals surface area (Å²) in [7, 11) is 3.38. The normalized spacial score (nSPS) is 14.3. The van der Waals surface area contributed by atoms with E-state index in [1.165, 1.54) is 4.90 Å². The maximum atomic E-state index is 11.4. The van der Waals surface area contributed by atoms with Crippen molar-refractivity contribution < 1.29 is 20.1 Å². The summed E-state index contributed by atoms with van der Waals surface area (Å²) >= 11 is 0. The zero-order valence-corrected chi connectivity index (χ0v) is 15.5. The molecule has 0 fully saturated rings. The van der Waals surface area contributed by atoms with Gasteiger partial charge < -0.3 is 20.2 Å². The molecule has 0 saturated carbocycles. The minimum atomic E-state index is -0.652. The molecule has 1 aromatic rings. The predicted octanol–water partition coefficient (Wildman–Crippen LogP) is 2.58. The highest BCUT2D eigenvalue weighted by atomic mass is 16.3. The maximum Gasteiger partial charge on any atom is 0.222 e. The zero-order valence-electron chi connectivity index (χ0n) is 15.5. The Morgan fingerprint density at radius 3 is 2.23 bits per heavy atom.